The molecule has 5 heteroatoms. The maximum Gasteiger partial charge on any atom is 0.193 e. The van der Waals surface area contributed by atoms with Gasteiger partial charge in [0.25, 0.3) is 0 Å². The largest absolute Gasteiger partial charge is 0.496 e. The molecule has 0 radical (unpaired) electrons. The molecule has 1 aliphatic heterocycles. The number of rotatable bonds is 3. The van der Waals surface area contributed by atoms with Gasteiger partial charge in [-0.1, -0.05) is 25.1 Å². The van der Waals surface area contributed by atoms with Gasteiger partial charge in [-0.25, -0.2) is 0 Å². The second kappa shape index (κ2) is 6.40. The maximum absolute atomic E-state index is 9.66. The fraction of sp³-hybridized carbons (Fsp3) is 0.611. The number of nitrogens with one attached hydrogen (secondary N) is 1. The van der Waals surface area contributed by atoms with Crippen LogP contribution in [0.25, 0.3) is 0 Å². The summed E-state index contributed by atoms with van der Waals surface area (Å²) in [5.41, 5.74) is 1.34. The van der Waals surface area contributed by atoms with Crippen LogP contribution in [0.15, 0.2) is 29.3 Å². The van der Waals surface area contributed by atoms with Gasteiger partial charge >= 0.3 is 0 Å². The van der Waals surface area contributed by atoms with Gasteiger partial charge in [-0.3, -0.25) is 4.99 Å². The van der Waals surface area contributed by atoms with E-state index in [9.17, 15) is 5.11 Å². The average molecular weight is 317 g/mol. The summed E-state index contributed by atoms with van der Waals surface area (Å²) in [6.07, 6.45) is 2.54. The Morgan fingerprint density at radius 3 is 2.70 bits per heavy atom. The number of methoxy groups -OCH3 is 1. The molecular formula is C18H27N3O2. The van der Waals surface area contributed by atoms with Crippen molar-refractivity contribution in [2.45, 2.75) is 43.7 Å². The number of piperidine rings is 1. The summed E-state index contributed by atoms with van der Waals surface area (Å²) in [6, 6.07) is 8.62. The molecule has 126 valence electrons. The number of hydrogen-bond donors (Lipinski definition) is 2. The van der Waals surface area contributed by atoms with E-state index in [0.717, 1.165) is 44.1 Å². The number of aliphatic hydroxyl groups excluding tert-OH is 1. The van der Waals surface area contributed by atoms with E-state index in [-0.39, 0.29) is 11.5 Å². The average Bonchev–Trinajstić information content (AvgIpc) is 3.24. The molecule has 1 heterocycles. The molecule has 2 aliphatic rings. The second-order valence-electron chi connectivity index (χ2n) is 6.78. The van der Waals surface area contributed by atoms with E-state index >= 15 is 0 Å². The van der Waals surface area contributed by atoms with Gasteiger partial charge in [-0.2, -0.15) is 0 Å². The minimum Gasteiger partial charge on any atom is -0.496 e. The fourth-order valence-electron chi connectivity index (χ4n) is 3.52. The Labute approximate surface area is 138 Å². The quantitative estimate of drug-likeness (QED) is 0.659. The highest BCUT2D eigenvalue weighted by Gasteiger charge is 2.53. The summed E-state index contributed by atoms with van der Waals surface area (Å²) in [6.45, 7) is 3.99. The highest BCUT2D eigenvalue weighted by atomic mass is 16.5. The standard InChI is InChI=1S/C18H27N3O2/c1-18(14-6-4-5-7-15(14)23-3)12-16(18)20-17(19-2)21-10-8-13(22)9-11-21/h4-7,13,16,22H,8-12H2,1-3H3,(H,19,20). The lowest BCUT2D eigenvalue weighted by molar-refractivity contribution is 0.108. The first kappa shape index (κ1) is 16.1. The molecule has 1 aromatic rings. The summed E-state index contributed by atoms with van der Waals surface area (Å²) >= 11 is 0. The van der Waals surface area contributed by atoms with Crippen molar-refractivity contribution in [3.8, 4) is 5.75 Å². The number of aliphatic hydroxyl groups is 1. The molecule has 1 aliphatic carbocycles. The fourth-order valence-corrected chi connectivity index (χ4v) is 3.52. The van der Waals surface area contributed by atoms with Crippen molar-refractivity contribution in [1.82, 2.24) is 10.2 Å². The van der Waals surface area contributed by atoms with E-state index in [1.807, 2.05) is 19.2 Å². The number of hydrogen-bond acceptors (Lipinski definition) is 3. The SMILES string of the molecule is CN=C(NC1CC1(C)c1ccccc1OC)N1CCC(O)CC1. The highest BCUT2D eigenvalue weighted by Crippen LogP contribution is 2.51. The number of likely N-dealkylation sites (tertiary alicyclic amines) is 1. The first-order valence-electron chi connectivity index (χ1n) is 8.38. The minimum absolute atomic E-state index is 0.0812. The smallest absolute Gasteiger partial charge is 0.193 e. The lowest BCUT2D eigenvalue weighted by Gasteiger charge is -2.32. The monoisotopic (exact) mass is 317 g/mol. The van der Waals surface area contributed by atoms with Crippen molar-refractivity contribution in [3.63, 3.8) is 0 Å². The molecule has 23 heavy (non-hydrogen) atoms. The summed E-state index contributed by atoms with van der Waals surface area (Å²) in [4.78, 5) is 6.68. The Balaban J connectivity index is 1.67. The van der Waals surface area contributed by atoms with Crippen LogP contribution in [0.4, 0.5) is 0 Å². The van der Waals surface area contributed by atoms with Gasteiger partial charge in [0.2, 0.25) is 0 Å². The van der Waals surface area contributed by atoms with Crippen LogP contribution >= 0.6 is 0 Å². The van der Waals surface area contributed by atoms with Crippen LogP contribution in [-0.2, 0) is 5.41 Å². The Hall–Kier alpha value is -1.75. The van der Waals surface area contributed by atoms with Gasteiger partial charge in [-0.15, -0.1) is 0 Å². The third-order valence-corrected chi connectivity index (χ3v) is 5.24. The van der Waals surface area contributed by atoms with Crippen LogP contribution in [0.3, 0.4) is 0 Å². The van der Waals surface area contributed by atoms with Gasteiger partial charge in [0.05, 0.1) is 13.2 Å². The van der Waals surface area contributed by atoms with E-state index in [1.54, 1.807) is 7.11 Å². The topological polar surface area (TPSA) is 57.1 Å². The van der Waals surface area contributed by atoms with Gasteiger partial charge in [0.15, 0.2) is 5.96 Å². The number of ether oxygens (including phenoxy) is 1. The van der Waals surface area contributed by atoms with E-state index < -0.39 is 0 Å². The van der Waals surface area contributed by atoms with Gasteiger partial charge < -0.3 is 20.1 Å². The molecule has 0 aromatic heterocycles. The molecule has 0 amide bonds. The van der Waals surface area contributed by atoms with E-state index in [0.29, 0.717) is 6.04 Å². The predicted molar refractivity (Wildman–Crippen MR) is 92.1 cm³/mol. The first-order valence-corrected chi connectivity index (χ1v) is 8.38. The van der Waals surface area contributed by atoms with Crippen LogP contribution in [0.1, 0.15) is 31.7 Å². The van der Waals surface area contributed by atoms with Crippen molar-refractivity contribution in [1.29, 1.82) is 0 Å². The third-order valence-electron chi connectivity index (χ3n) is 5.24. The summed E-state index contributed by atoms with van der Waals surface area (Å²) in [7, 11) is 3.56. The molecule has 0 spiro atoms. The molecule has 1 aromatic carbocycles. The zero-order valence-corrected chi connectivity index (χ0v) is 14.2. The molecule has 3 rings (SSSR count). The van der Waals surface area contributed by atoms with Gasteiger partial charge in [0, 0.05) is 37.2 Å². The first-order chi connectivity index (χ1) is 11.1. The third kappa shape index (κ3) is 3.15. The Bertz CT molecular complexity index is 581. The Morgan fingerprint density at radius 2 is 2.04 bits per heavy atom. The molecule has 2 fully saturated rings. The maximum atomic E-state index is 9.66. The number of guanidine groups is 1. The normalized spacial score (nSPS) is 28.6. The number of nitrogens with zero attached hydrogens (tertiary/aromatic N) is 2. The van der Waals surface area contributed by atoms with E-state index in [2.05, 4.69) is 34.3 Å². The van der Waals surface area contributed by atoms with Gasteiger partial charge in [0.1, 0.15) is 5.75 Å². The van der Waals surface area contributed by atoms with E-state index in [4.69, 9.17) is 4.74 Å². The molecule has 2 atom stereocenters. The van der Waals surface area contributed by atoms with Crippen molar-refractivity contribution in [2.75, 3.05) is 27.2 Å². The summed E-state index contributed by atoms with van der Waals surface area (Å²) < 4.78 is 5.52. The molecule has 1 saturated heterocycles. The zero-order valence-electron chi connectivity index (χ0n) is 14.2. The van der Waals surface area contributed by atoms with Crippen LogP contribution in [0, 0.1) is 0 Å². The van der Waals surface area contributed by atoms with Crippen LogP contribution in [0.5, 0.6) is 5.75 Å². The number of para-hydroxylation sites is 1. The number of benzene rings is 1. The van der Waals surface area contributed by atoms with Crippen molar-refractivity contribution in [2.24, 2.45) is 4.99 Å². The van der Waals surface area contributed by atoms with Crippen LogP contribution in [-0.4, -0.2) is 55.4 Å². The van der Waals surface area contributed by atoms with E-state index in [1.165, 1.54) is 5.56 Å². The molecule has 0 bridgehead atoms. The predicted octanol–water partition coefficient (Wildman–Crippen LogP) is 1.76. The van der Waals surface area contributed by atoms with Gasteiger partial charge in [-0.05, 0) is 25.3 Å². The lowest BCUT2D eigenvalue weighted by Crippen LogP contribution is -2.48. The molecule has 2 N–H and O–H groups in total. The molecule has 2 unspecified atom stereocenters. The number of aliphatic imine (C=N–C) groups is 1. The molecule has 1 saturated carbocycles. The van der Waals surface area contributed by atoms with Crippen LogP contribution in [0.2, 0.25) is 0 Å². The lowest BCUT2D eigenvalue weighted by atomic mass is 9.96. The second-order valence-corrected chi connectivity index (χ2v) is 6.78. The van der Waals surface area contributed by atoms with Crippen molar-refractivity contribution in [3.05, 3.63) is 29.8 Å². The molecular weight excluding hydrogens is 290 g/mol. The Kier molecular flexibility index (Phi) is 4.48. The summed E-state index contributed by atoms with van der Waals surface area (Å²) in [5, 5.41) is 13.3. The summed E-state index contributed by atoms with van der Waals surface area (Å²) in [5.74, 6) is 1.90. The van der Waals surface area contributed by atoms with Crippen molar-refractivity contribution < 1.29 is 9.84 Å². The molecule has 5 nitrogen and oxygen atoms in total. The van der Waals surface area contributed by atoms with Crippen LogP contribution < -0.4 is 10.1 Å². The Morgan fingerprint density at radius 1 is 1.35 bits per heavy atom. The zero-order chi connectivity index (χ0) is 16.4. The van der Waals surface area contributed by atoms with Crippen molar-refractivity contribution >= 4 is 5.96 Å². The minimum atomic E-state index is -0.163. The highest BCUT2D eigenvalue weighted by molar-refractivity contribution is 5.81.